The van der Waals surface area contributed by atoms with Crippen LogP contribution in [0.2, 0.25) is 0 Å². The molecule has 0 heterocycles. The minimum Gasteiger partial charge on any atom is -0.378 e. The van der Waals surface area contributed by atoms with Crippen molar-refractivity contribution in [3.63, 3.8) is 0 Å². The molecule has 0 saturated carbocycles. The highest BCUT2D eigenvalue weighted by molar-refractivity contribution is 5.48. The Kier molecular flexibility index (Phi) is 5.23. The zero-order valence-corrected chi connectivity index (χ0v) is 12.8. The first-order valence-electron chi connectivity index (χ1n) is 7.59. The maximum Gasteiger partial charge on any atom is 0.0516 e. The van der Waals surface area contributed by atoms with Gasteiger partial charge in [0.05, 0.1) is 6.04 Å². The molecule has 2 aromatic rings. The first kappa shape index (κ1) is 14.6. The third-order valence-electron chi connectivity index (χ3n) is 3.59. The predicted octanol–water partition coefficient (Wildman–Crippen LogP) is 5.45. The van der Waals surface area contributed by atoms with Crippen LogP contribution >= 0.6 is 0 Å². The lowest BCUT2D eigenvalue weighted by Crippen LogP contribution is -2.13. The van der Waals surface area contributed by atoms with Crippen LogP contribution in [0.5, 0.6) is 0 Å². The van der Waals surface area contributed by atoms with Crippen molar-refractivity contribution in [3.05, 3.63) is 65.7 Å². The average Bonchev–Trinajstić information content (AvgIpc) is 2.47. The second-order valence-corrected chi connectivity index (χ2v) is 5.79. The van der Waals surface area contributed by atoms with Gasteiger partial charge in [-0.1, -0.05) is 63.2 Å². The largest absolute Gasteiger partial charge is 0.378 e. The van der Waals surface area contributed by atoms with Gasteiger partial charge in [0.15, 0.2) is 0 Å². The Hall–Kier alpha value is -1.76. The summed E-state index contributed by atoms with van der Waals surface area (Å²) in [5.74, 6) is 0.669. The van der Waals surface area contributed by atoms with Crippen LogP contribution in [0.15, 0.2) is 54.6 Å². The van der Waals surface area contributed by atoms with Gasteiger partial charge in [-0.25, -0.2) is 0 Å². The molecule has 20 heavy (non-hydrogen) atoms. The van der Waals surface area contributed by atoms with Crippen LogP contribution in [-0.2, 0) is 6.42 Å². The summed E-state index contributed by atoms with van der Waals surface area (Å²) in [6.07, 6.45) is 2.22. The number of benzene rings is 2. The zero-order chi connectivity index (χ0) is 14.4. The highest BCUT2D eigenvalue weighted by Gasteiger charge is 2.13. The van der Waals surface area contributed by atoms with Gasteiger partial charge in [0.2, 0.25) is 0 Å². The molecule has 0 saturated heterocycles. The van der Waals surface area contributed by atoms with Crippen LogP contribution in [0.25, 0.3) is 0 Å². The fraction of sp³-hybridized carbons (Fsp3) is 0.368. The Morgan fingerprint density at radius 3 is 2.35 bits per heavy atom. The van der Waals surface area contributed by atoms with Crippen molar-refractivity contribution in [3.8, 4) is 0 Å². The summed E-state index contributed by atoms with van der Waals surface area (Å²) in [4.78, 5) is 0. The van der Waals surface area contributed by atoms with Gasteiger partial charge in [-0.3, -0.25) is 0 Å². The molecular formula is C19H25N. The van der Waals surface area contributed by atoms with E-state index in [1.807, 2.05) is 0 Å². The first-order chi connectivity index (χ1) is 9.69. The van der Waals surface area contributed by atoms with Crippen molar-refractivity contribution in [2.75, 3.05) is 5.32 Å². The topological polar surface area (TPSA) is 12.0 Å². The molecule has 1 heteroatoms. The van der Waals surface area contributed by atoms with Crippen LogP contribution in [0.1, 0.15) is 44.4 Å². The second-order valence-electron chi connectivity index (χ2n) is 5.79. The molecule has 1 unspecified atom stereocenters. The zero-order valence-electron chi connectivity index (χ0n) is 12.8. The van der Waals surface area contributed by atoms with E-state index in [4.69, 9.17) is 0 Å². The Morgan fingerprint density at radius 1 is 0.950 bits per heavy atom. The van der Waals surface area contributed by atoms with Crippen molar-refractivity contribution < 1.29 is 0 Å². The molecular weight excluding hydrogens is 242 g/mol. The molecule has 0 amide bonds. The van der Waals surface area contributed by atoms with E-state index in [0.717, 1.165) is 12.8 Å². The lowest BCUT2D eigenvalue weighted by Gasteiger charge is -2.22. The molecule has 1 N–H and O–H groups in total. The summed E-state index contributed by atoms with van der Waals surface area (Å²) >= 11 is 0. The van der Waals surface area contributed by atoms with Crippen molar-refractivity contribution in [2.24, 2.45) is 5.92 Å². The monoisotopic (exact) mass is 267 g/mol. The summed E-state index contributed by atoms with van der Waals surface area (Å²) < 4.78 is 0. The number of hydrogen-bond donors (Lipinski definition) is 1. The Labute approximate surface area is 123 Å². The maximum atomic E-state index is 3.70. The maximum absolute atomic E-state index is 3.70. The van der Waals surface area contributed by atoms with Crippen LogP contribution in [0.3, 0.4) is 0 Å². The molecule has 0 aliphatic rings. The summed E-state index contributed by atoms with van der Waals surface area (Å²) in [6.45, 7) is 6.75. The first-order valence-corrected chi connectivity index (χ1v) is 7.59. The van der Waals surface area contributed by atoms with E-state index in [-0.39, 0.29) is 0 Å². The minimum absolute atomic E-state index is 0.378. The smallest absolute Gasteiger partial charge is 0.0516 e. The molecule has 2 aromatic carbocycles. The number of nitrogens with one attached hydrogen (secondary N) is 1. The van der Waals surface area contributed by atoms with Crippen LogP contribution in [-0.4, -0.2) is 0 Å². The Balaban J connectivity index is 2.19. The molecule has 0 aliphatic carbocycles. The van der Waals surface area contributed by atoms with E-state index in [9.17, 15) is 0 Å². The molecule has 0 aliphatic heterocycles. The van der Waals surface area contributed by atoms with Crippen molar-refractivity contribution in [1.82, 2.24) is 0 Å². The van der Waals surface area contributed by atoms with Gasteiger partial charge < -0.3 is 5.32 Å². The lowest BCUT2D eigenvalue weighted by atomic mass is 9.96. The van der Waals surface area contributed by atoms with Gasteiger partial charge in [-0.2, -0.15) is 0 Å². The highest BCUT2D eigenvalue weighted by Crippen LogP contribution is 2.26. The molecule has 0 bridgehead atoms. The second kappa shape index (κ2) is 7.14. The van der Waals surface area contributed by atoms with Crippen molar-refractivity contribution >= 4 is 5.69 Å². The van der Waals surface area contributed by atoms with E-state index in [1.165, 1.54) is 16.8 Å². The van der Waals surface area contributed by atoms with Crippen molar-refractivity contribution in [1.29, 1.82) is 0 Å². The number of hydrogen-bond acceptors (Lipinski definition) is 1. The predicted molar refractivity (Wildman–Crippen MR) is 88.1 cm³/mol. The van der Waals surface area contributed by atoms with Gasteiger partial charge in [-0.05, 0) is 42.0 Å². The molecule has 0 aromatic heterocycles. The van der Waals surface area contributed by atoms with E-state index >= 15 is 0 Å². The summed E-state index contributed by atoms with van der Waals surface area (Å²) in [5.41, 5.74) is 3.97. The standard InChI is InChI=1S/C19H25N/c1-4-16-9-8-12-18(14-16)20-19(13-15(2)3)17-10-6-5-7-11-17/h5-12,14-15,19-20H,4,13H2,1-3H3. The van der Waals surface area contributed by atoms with Gasteiger partial charge >= 0.3 is 0 Å². The van der Waals surface area contributed by atoms with Crippen LogP contribution in [0, 0.1) is 5.92 Å². The van der Waals surface area contributed by atoms with E-state index in [1.54, 1.807) is 0 Å². The van der Waals surface area contributed by atoms with E-state index < -0.39 is 0 Å². The Morgan fingerprint density at radius 2 is 1.70 bits per heavy atom. The fourth-order valence-corrected chi connectivity index (χ4v) is 2.52. The molecule has 0 fully saturated rings. The lowest BCUT2D eigenvalue weighted by molar-refractivity contribution is 0.531. The molecule has 106 valence electrons. The number of rotatable bonds is 6. The molecule has 1 nitrogen and oxygen atoms in total. The number of anilines is 1. The van der Waals surface area contributed by atoms with Crippen LogP contribution in [0.4, 0.5) is 5.69 Å². The van der Waals surface area contributed by atoms with Gasteiger partial charge in [0.1, 0.15) is 0 Å². The third kappa shape index (κ3) is 4.12. The molecule has 1 atom stereocenters. The van der Waals surface area contributed by atoms with Crippen LogP contribution < -0.4 is 5.32 Å². The van der Waals surface area contributed by atoms with E-state index in [2.05, 4.69) is 80.7 Å². The van der Waals surface area contributed by atoms with Crippen molar-refractivity contribution in [2.45, 2.75) is 39.7 Å². The highest BCUT2D eigenvalue weighted by atomic mass is 14.9. The summed E-state index contributed by atoms with van der Waals surface area (Å²) in [7, 11) is 0. The molecule has 0 radical (unpaired) electrons. The summed E-state index contributed by atoms with van der Waals surface area (Å²) in [5, 5.41) is 3.70. The third-order valence-corrected chi connectivity index (χ3v) is 3.59. The summed E-state index contributed by atoms with van der Waals surface area (Å²) in [6, 6.07) is 19.9. The molecule has 0 spiro atoms. The minimum atomic E-state index is 0.378. The van der Waals surface area contributed by atoms with Gasteiger partial charge in [0, 0.05) is 5.69 Å². The number of aryl methyl sites for hydroxylation is 1. The normalized spacial score (nSPS) is 12.4. The van der Waals surface area contributed by atoms with Gasteiger partial charge in [-0.15, -0.1) is 0 Å². The fourth-order valence-electron chi connectivity index (χ4n) is 2.52. The van der Waals surface area contributed by atoms with E-state index in [0.29, 0.717) is 12.0 Å². The quantitative estimate of drug-likeness (QED) is 0.734. The molecule has 2 rings (SSSR count). The Bertz CT molecular complexity index is 516. The SMILES string of the molecule is CCc1cccc(NC(CC(C)C)c2ccccc2)c1. The average molecular weight is 267 g/mol. The van der Waals surface area contributed by atoms with Gasteiger partial charge in [0.25, 0.3) is 0 Å².